The molecule has 0 atom stereocenters. The number of nitrogens with two attached hydrogens (primary N) is 1. The first kappa shape index (κ1) is 13.2. The molecule has 1 aromatic carbocycles. The van der Waals surface area contributed by atoms with Crippen molar-refractivity contribution in [2.24, 2.45) is 0 Å². The molecular formula is C11H11ClN2O2S2. The van der Waals surface area contributed by atoms with Gasteiger partial charge in [-0.05, 0) is 36.8 Å². The number of thiophene rings is 1. The lowest BCUT2D eigenvalue weighted by molar-refractivity contribution is 0.603. The molecule has 7 heteroatoms. The van der Waals surface area contributed by atoms with Crippen LogP contribution in [-0.4, -0.2) is 8.42 Å². The van der Waals surface area contributed by atoms with E-state index >= 15 is 0 Å². The third kappa shape index (κ3) is 2.60. The lowest BCUT2D eigenvalue weighted by Gasteiger charge is -2.10. The van der Waals surface area contributed by atoms with Gasteiger partial charge in [0.25, 0.3) is 10.0 Å². The molecule has 0 radical (unpaired) electrons. The first-order valence-electron chi connectivity index (χ1n) is 5.03. The molecule has 4 nitrogen and oxygen atoms in total. The second-order valence-electron chi connectivity index (χ2n) is 3.68. The Labute approximate surface area is 114 Å². The van der Waals surface area contributed by atoms with Gasteiger partial charge in [-0.15, -0.1) is 11.3 Å². The van der Waals surface area contributed by atoms with Gasteiger partial charge in [-0.25, -0.2) is 8.42 Å². The van der Waals surface area contributed by atoms with Gasteiger partial charge >= 0.3 is 0 Å². The number of sulfonamides is 1. The van der Waals surface area contributed by atoms with Gasteiger partial charge in [0.15, 0.2) is 0 Å². The molecule has 1 heterocycles. The first-order valence-corrected chi connectivity index (χ1v) is 7.71. The molecule has 18 heavy (non-hydrogen) atoms. The third-order valence-electron chi connectivity index (χ3n) is 2.43. The fourth-order valence-electron chi connectivity index (χ4n) is 1.40. The minimum absolute atomic E-state index is 0.175. The standard InChI is InChI=1S/C11H11ClN2O2S2/c1-7-8(13)3-2-4-9(7)14-18(15,16)11-6-5-10(12)17-11/h2-6,14H,13H2,1H3. The highest BCUT2D eigenvalue weighted by atomic mass is 35.5. The average molecular weight is 303 g/mol. The molecule has 0 saturated heterocycles. The highest BCUT2D eigenvalue weighted by Crippen LogP contribution is 2.29. The zero-order valence-corrected chi connectivity index (χ0v) is 11.9. The number of hydrogen-bond donors (Lipinski definition) is 2. The molecule has 0 bridgehead atoms. The summed E-state index contributed by atoms with van der Waals surface area (Å²) in [6.45, 7) is 1.76. The van der Waals surface area contributed by atoms with Crippen molar-refractivity contribution in [3.63, 3.8) is 0 Å². The molecule has 96 valence electrons. The second kappa shape index (κ2) is 4.79. The Bertz CT molecular complexity index is 680. The van der Waals surface area contributed by atoms with E-state index in [1.165, 1.54) is 6.07 Å². The van der Waals surface area contributed by atoms with Crippen LogP contribution in [0.3, 0.4) is 0 Å². The molecule has 0 aliphatic carbocycles. The number of rotatable bonds is 3. The molecule has 3 N–H and O–H groups in total. The Kier molecular flexibility index (Phi) is 3.52. The molecule has 0 unspecified atom stereocenters. The van der Waals surface area contributed by atoms with E-state index in [4.69, 9.17) is 17.3 Å². The van der Waals surface area contributed by atoms with Crippen molar-refractivity contribution in [1.82, 2.24) is 0 Å². The van der Waals surface area contributed by atoms with E-state index in [2.05, 4.69) is 4.72 Å². The lowest BCUT2D eigenvalue weighted by Crippen LogP contribution is -2.12. The monoisotopic (exact) mass is 302 g/mol. The summed E-state index contributed by atoms with van der Waals surface area (Å²) < 4.78 is 27.3. The lowest BCUT2D eigenvalue weighted by atomic mass is 10.2. The molecule has 0 amide bonds. The summed E-state index contributed by atoms with van der Waals surface area (Å²) in [5.74, 6) is 0. The minimum Gasteiger partial charge on any atom is -0.398 e. The molecule has 0 spiro atoms. The van der Waals surface area contributed by atoms with Crippen LogP contribution in [0.5, 0.6) is 0 Å². The van der Waals surface area contributed by atoms with Crippen LogP contribution in [0, 0.1) is 6.92 Å². The number of anilines is 2. The van der Waals surface area contributed by atoms with E-state index in [9.17, 15) is 8.42 Å². The van der Waals surface area contributed by atoms with Gasteiger partial charge in [0.2, 0.25) is 0 Å². The SMILES string of the molecule is Cc1c(N)cccc1NS(=O)(=O)c1ccc(Cl)s1. The molecule has 0 aliphatic rings. The van der Waals surface area contributed by atoms with Crippen LogP contribution in [0.2, 0.25) is 4.34 Å². The van der Waals surface area contributed by atoms with E-state index in [1.807, 2.05) is 0 Å². The number of halogens is 1. The van der Waals surface area contributed by atoms with Crippen molar-refractivity contribution in [2.45, 2.75) is 11.1 Å². The van der Waals surface area contributed by atoms with E-state index in [0.717, 1.165) is 11.3 Å². The predicted molar refractivity (Wildman–Crippen MR) is 75.7 cm³/mol. The normalized spacial score (nSPS) is 11.4. The summed E-state index contributed by atoms with van der Waals surface area (Å²) >= 11 is 6.74. The maximum atomic E-state index is 12.1. The minimum atomic E-state index is -3.60. The topological polar surface area (TPSA) is 72.2 Å². The smallest absolute Gasteiger partial charge is 0.271 e. The molecule has 0 aliphatic heterocycles. The highest BCUT2D eigenvalue weighted by Gasteiger charge is 2.17. The van der Waals surface area contributed by atoms with Crippen molar-refractivity contribution in [1.29, 1.82) is 0 Å². The quantitative estimate of drug-likeness (QED) is 0.856. The van der Waals surface area contributed by atoms with Crippen LogP contribution in [0.25, 0.3) is 0 Å². The van der Waals surface area contributed by atoms with Crippen molar-refractivity contribution >= 4 is 44.3 Å². The summed E-state index contributed by atoms with van der Waals surface area (Å²) in [6.07, 6.45) is 0. The van der Waals surface area contributed by atoms with Crippen molar-refractivity contribution in [2.75, 3.05) is 10.5 Å². The summed E-state index contributed by atoms with van der Waals surface area (Å²) in [5.41, 5.74) is 7.44. The Balaban J connectivity index is 2.37. The van der Waals surface area contributed by atoms with E-state index in [1.54, 1.807) is 31.2 Å². The van der Waals surface area contributed by atoms with Crippen molar-refractivity contribution in [3.05, 3.63) is 40.2 Å². The number of nitrogen functional groups attached to an aromatic ring is 1. The zero-order valence-electron chi connectivity index (χ0n) is 9.48. The van der Waals surface area contributed by atoms with Crippen molar-refractivity contribution in [3.8, 4) is 0 Å². The number of hydrogen-bond acceptors (Lipinski definition) is 4. The summed E-state index contributed by atoms with van der Waals surface area (Å²) in [6, 6.07) is 8.10. The number of benzene rings is 1. The average Bonchev–Trinajstić information content (AvgIpc) is 2.72. The van der Waals surface area contributed by atoms with Gasteiger partial charge in [0.1, 0.15) is 4.21 Å². The van der Waals surface area contributed by atoms with Gasteiger partial charge in [-0.1, -0.05) is 17.7 Å². The molecule has 2 rings (SSSR count). The van der Waals surface area contributed by atoms with Crippen LogP contribution in [0.4, 0.5) is 11.4 Å². The second-order valence-corrected chi connectivity index (χ2v) is 7.31. The van der Waals surface area contributed by atoms with Crippen LogP contribution in [0.15, 0.2) is 34.5 Å². The van der Waals surface area contributed by atoms with Crippen LogP contribution in [-0.2, 0) is 10.0 Å². The van der Waals surface area contributed by atoms with Crippen LogP contribution in [0.1, 0.15) is 5.56 Å². The van der Waals surface area contributed by atoms with E-state index in [0.29, 0.717) is 21.3 Å². The Hall–Kier alpha value is -1.24. The molecule has 0 fully saturated rings. The van der Waals surface area contributed by atoms with E-state index in [-0.39, 0.29) is 4.21 Å². The summed E-state index contributed by atoms with van der Waals surface area (Å²) in [5, 5.41) is 0. The molecule has 1 aromatic heterocycles. The van der Waals surface area contributed by atoms with Crippen LogP contribution >= 0.6 is 22.9 Å². The summed E-state index contributed by atoms with van der Waals surface area (Å²) in [7, 11) is -3.60. The largest absolute Gasteiger partial charge is 0.398 e. The fourth-order valence-corrected chi connectivity index (χ4v) is 4.01. The fraction of sp³-hybridized carbons (Fsp3) is 0.0909. The number of nitrogens with one attached hydrogen (secondary N) is 1. The maximum absolute atomic E-state index is 12.1. The van der Waals surface area contributed by atoms with E-state index < -0.39 is 10.0 Å². The summed E-state index contributed by atoms with van der Waals surface area (Å²) in [4.78, 5) is 0. The van der Waals surface area contributed by atoms with Gasteiger partial charge in [0, 0.05) is 5.69 Å². The molecular weight excluding hydrogens is 292 g/mol. The third-order valence-corrected chi connectivity index (χ3v) is 5.52. The maximum Gasteiger partial charge on any atom is 0.271 e. The first-order chi connectivity index (χ1) is 8.40. The zero-order chi connectivity index (χ0) is 13.3. The Morgan fingerprint density at radius 2 is 2.00 bits per heavy atom. The van der Waals surface area contributed by atoms with Gasteiger partial charge in [-0.3, -0.25) is 4.72 Å². The predicted octanol–water partition coefficient (Wildman–Crippen LogP) is 3.09. The molecule has 0 saturated carbocycles. The van der Waals surface area contributed by atoms with Crippen molar-refractivity contribution < 1.29 is 8.42 Å². The van der Waals surface area contributed by atoms with Gasteiger partial charge in [0.05, 0.1) is 10.0 Å². The Morgan fingerprint density at radius 1 is 1.28 bits per heavy atom. The van der Waals surface area contributed by atoms with Crippen LogP contribution < -0.4 is 10.5 Å². The highest BCUT2D eigenvalue weighted by molar-refractivity contribution is 7.94. The molecule has 2 aromatic rings. The van der Waals surface area contributed by atoms with Gasteiger partial charge < -0.3 is 5.73 Å². The van der Waals surface area contributed by atoms with Gasteiger partial charge in [-0.2, -0.15) is 0 Å². The Morgan fingerprint density at radius 3 is 2.61 bits per heavy atom.